The number of nitrogens with two attached hydrogens (primary N) is 1. The van der Waals surface area contributed by atoms with Crippen LogP contribution < -0.4 is 15.8 Å². The average molecular weight is 542 g/mol. The van der Waals surface area contributed by atoms with Crippen LogP contribution in [0.15, 0.2) is 94.9 Å². The number of amidine groups is 1. The highest BCUT2D eigenvalue weighted by Crippen LogP contribution is 2.23. The Kier molecular flexibility index (Phi) is 11.0. The molecule has 8 nitrogen and oxygen atoms in total. The van der Waals surface area contributed by atoms with Gasteiger partial charge in [0, 0.05) is 28.1 Å². The van der Waals surface area contributed by atoms with Gasteiger partial charge in [0.15, 0.2) is 0 Å². The lowest BCUT2D eigenvalue weighted by Crippen LogP contribution is -2.33. The largest absolute Gasteiger partial charge is 0.384 e. The maximum atomic E-state index is 12.4. The van der Waals surface area contributed by atoms with Crippen molar-refractivity contribution < 1.29 is 4.79 Å². The Morgan fingerprint density at radius 1 is 1.08 bits per heavy atom. The fraction of sp³-hybridized carbons (Fsp3) is 0.200. The summed E-state index contributed by atoms with van der Waals surface area (Å²) in [6.07, 6.45) is 2.20. The number of H-pyrrole nitrogens is 1. The van der Waals surface area contributed by atoms with Crippen LogP contribution in [-0.4, -0.2) is 33.7 Å². The SMILES string of the molecule is CC.CC(=Nc1ccccc1C)C(Cc1cccc(C(=N)N)c1)NSc1cccc(NC(=O)c2ccn[nH]2)c1. The molecule has 4 aromatic rings. The molecule has 9 heteroatoms. The minimum atomic E-state index is -0.253. The quantitative estimate of drug-likeness (QED) is 0.0915. The molecule has 202 valence electrons. The van der Waals surface area contributed by atoms with Gasteiger partial charge < -0.3 is 11.1 Å². The molecule has 0 aliphatic rings. The van der Waals surface area contributed by atoms with E-state index in [1.807, 2.05) is 100 Å². The van der Waals surface area contributed by atoms with Gasteiger partial charge in [0.1, 0.15) is 11.5 Å². The van der Waals surface area contributed by atoms with Crippen molar-refractivity contribution in [2.24, 2.45) is 10.7 Å². The summed E-state index contributed by atoms with van der Waals surface area (Å²) in [7, 11) is 0. The lowest BCUT2D eigenvalue weighted by atomic mass is 10.0. The number of aromatic nitrogens is 2. The first-order chi connectivity index (χ1) is 18.9. The zero-order valence-corrected chi connectivity index (χ0v) is 23.5. The van der Waals surface area contributed by atoms with Crippen molar-refractivity contribution >= 4 is 40.8 Å². The van der Waals surface area contributed by atoms with Crippen molar-refractivity contribution in [2.75, 3.05) is 5.32 Å². The van der Waals surface area contributed by atoms with Gasteiger partial charge in [-0.1, -0.05) is 56.3 Å². The minimum absolute atomic E-state index is 0.0417. The van der Waals surface area contributed by atoms with E-state index in [0.29, 0.717) is 23.4 Å². The first-order valence-corrected chi connectivity index (χ1v) is 13.6. The van der Waals surface area contributed by atoms with Crippen LogP contribution in [0.25, 0.3) is 0 Å². The maximum Gasteiger partial charge on any atom is 0.273 e. The monoisotopic (exact) mass is 541 g/mol. The smallest absolute Gasteiger partial charge is 0.273 e. The van der Waals surface area contributed by atoms with E-state index in [1.165, 1.54) is 18.1 Å². The number of benzene rings is 3. The number of carbonyl (C=O) groups is 1. The fourth-order valence-electron chi connectivity index (χ4n) is 3.69. The summed E-state index contributed by atoms with van der Waals surface area (Å²) >= 11 is 1.47. The second-order valence-electron chi connectivity index (χ2n) is 8.58. The number of aromatic amines is 1. The molecular weight excluding hydrogens is 506 g/mol. The van der Waals surface area contributed by atoms with Crippen LogP contribution in [0.2, 0.25) is 0 Å². The van der Waals surface area contributed by atoms with Gasteiger partial charge >= 0.3 is 0 Å². The molecule has 0 saturated heterocycles. The number of nitrogens with zero attached hydrogens (tertiary/aromatic N) is 2. The van der Waals surface area contributed by atoms with Crippen LogP contribution in [0.1, 0.15) is 48.0 Å². The predicted molar refractivity (Wildman–Crippen MR) is 162 cm³/mol. The molecule has 0 aliphatic heterocycles. The van der Waals surface area contributed by atoms with Gasteiger partial charge in [0.05, 0.1) is 11.7 Å². The predicted octanol–water partition coefficient (Wildman–Crippen LogP) is 6.28. The highest BCUT2D eigenvalue weighted by Gasteiger charge is 2.16. The summed E-state index contributed by atoms with van der Waals surface area (Å²) < 4.78 is 3.55. The van der Waals surface area contributed by atoms with Crippen molar-refractivity contribution in [2.45, 2.75) is 45.1 Å². The molecule has 0 aliphatic carbocycles. The lowest BCUT2D eigenvalue weighted by molar-refractivity contribution is 0.102. The minimum Gasteiger partial charge on any atom is -0.384 e. The Morgan fingerprint density at radius 3 is 2.56 bits per heavy atom. The molecule has 4 rings (SSSR count). The van der Waals surface area contributed by atoms with E-state index >= 15 is 0 Å². The van der Waals surface area contributed by atoms with Gasteiger partial charge in [-0.3, -0.25) is 25.0 Å². The number of carbonyl (C=O) groups excluding carboxylic acids is 1. The van der Waals surface area contributed by atoms with Crippen molar-refractivity contribution in [1.29, 1.82) is 5.41 Å². The van der Waals surface area contributed by atoms with Crippen molar-refractivity contribution in [3.8, 4) is 0 Å². The molecule has 39 heavy (non-hydrogen) atoms. The van der Waals surface area contributed by atoms with Crippen LogP contribution in [0.3, 0.4) is 0 Å². The van der Waals surface area contributed by atoms with Gasteiger partial charge in [-0.2, -0.15) is 5.10 Å². The Balaban J connectivity index is 0.00000205. The summed E-state index contributed by atoms with van der Waals surface area (Å²) in [6, 6.07) is 24.9. The summed E-state index contributed by atoms with van der Waals surface area (Å²) in [5, 5.41) is 17.2. The molecular formula is C30H35N7OS. The van der Waals surface area contributed by atoms with E-state index in [0.717, 1.165) is 27.4 Å². The number of amides is 1. The number of anilines is 1. The second kappa shape index (κ2) is 14.7. The molecule has 3 aromatic carbocycles. The molecule has 0 bridgehead atoms. The molecule has 0 saturated carbocycles. The average Bonchev–Trinajstić information content (AvgIpc) is 3.49. The Bertz CT molecular complexity index is 1420. The van der Waals surface area contributed by atoms with E-state index < -0.39 is 0 Å². The van der Waals surface area contributed by atoms with Gasteiger partial charge in [0.25, 0.3) is 5.91 Å². The Morgan fingerprint density at radius 2 is 1.85 bits per heavy atom. The first-order valence-electron chi connectivity index (χ1n) is 12.8. The highest BCUT2D eigenvalue weighted by molar-refractivity contribution is 7.97. The Hall–Kier alpha value is -4.21. The van der Waals surface area contributed by atoms with Gasteiger partial charge in [-0.25, -0.2) is 0 Å². The molecule has 1 heterocycles. The van der Waals surface area contributed by atoms with E-state index in [1.54, 1.807) is 6.07 Å². The van der Waals surface area contributed by atoms with Gasteiger partial charge in [0.2, 0.25) is 0 Å². The van der Waals surface area contributed by atoms with Crippen LogP contribution in [0, 0.1) is 12.3 Å². The second-order valence-corrected chi connectivity index (χ2v) is 9.49. The van der Waals surface area contributed by atoms with E-state index in [-0.39, 0.29) is 17.8 Å². The highest BCUT2D eigenvalue weighted by atomic mass is 32.2. The van der Waals surface area contributed by atoms with E-state index in [9.17, 15) is 4.79 Å². The molecule has 0 radical (unpaired) electrons. The first kappa shape index (κ1) is 29.3. The third-order valence-electron chi connectivity index (χ3n) is 5.75. The molecule has 6 N–H and O–H groups in total. The number of rotatable bonds is 10. The number of hydrogen-bond acceptors (Lipinski definition) is 6. The third kappa shape index (κ3) is 8.66. The molecule has 0 fully saturated rings. The molecule has 0 spiro atoms. The zero-order valence-electron chi connectivity index (χ0n) is 22.7. The standard InChI is InChI=1S/C28H29N7OS.C2H6/c1-18-7-3-4-12-24(18)32-19(2)26(16-20-8-5-9-21(15-20)27(29)30)35-37-23-11-6-10-22(17-23)33-28(36)25-13-14-31-34-25;1-2/h3-15,17,26,35H,16H2,1-2H3,(H3,29,30)(H,31,34)(H,33,36);1-2H3. The molecule has 1 atom stereocenters. The van der Waals surface area contributed by atoms with Crippen LogP contribution in [0.4, 0.5) is 11.4 Å². The molecule has 1 aromatic heterocycles. The molecule has 1 amide bonds. The summed E-state index contributed by atoms with van der Waals surface area (Å²) in [4.78, 5) is 18.2. The van der Waals surface area contributed by atoms with Gasteiger partial charge in [-0.05, 0) is 79.7 Å². The number of hydrogen-bond donors (Lipinski definition) is 5. The molecule has 1 unspecified atom stereocenters. The summed E-state index contributed by atoms with van der Waals surface area (Å²) in [5.74, 6) is -0.211. The van der Waals surface area contributed by atoms with Crippen LogP contribution in [-0.2, 0) is 6.42 Å². The topological polar surface area (TPSA) is 132 Å². The number of nitrogen functional groups attached to an aromatic ring is 1. The van der Waals surface area contributed by atoms with E-state index in [2.05, 4.69) is 20.2 Å². The van der Waals surface area contributed by atoms with Crippen molar-refractivity contribution in [3.63, 3.8) is 0 Å². The van der Waals surface area contributed by atoms with Crippen molar-refractivity contribution in [3.05, 3.63) is 107 Å². The van der Waals surface area contributed by atoms with Gasteiger partial charge in [-0.15, -0.1) is 0 Å². The number of aryl methyl sites for hydroxylation is 1. The van der Waals surface area contributed by atoms with E-state index in [4.69, 9.17) is 16.1 Å². The fourth-order valence-corrected chi connectivity index (χ4v) is 4.55. The third-order valence-corrected chi connectivity index (χ3v) is 6.64. The maximum absolute atomic E-state index is 12.4. The summed E-state index contributed by atoms with van der Waals surface area (Å²) in [5.41, 5.74) is 11.5. The lowest BCUT2D eigenvalue weighted by Gasteiger charge is -2.19. The zero-order chi connectivity index (χ0) is 28.2. The number of aliphatic imine (C=N–C) groups is 1. The number of para-hydroxylation sites is 1. The van der Waals surface area contributed by atoms with Crippen LogP contribution >= 0.6 is 11.9 Å². The van der Waals surface area contributed by atoms with Crippen LogP contribution in [0.5, 0.6) is 0 Å². The number of nitrogens with one attached hydrogen (secondary N) is 4. The Labute approximate surface area is 234 Å². The van der Waals surface area contributed by atoms with Crippen molar-refractivity contribution in [1.82, 2.24) is 14.9 Å². The normalized spacial score (nSPS) is 11.7. The summed E-state index contributed by atoms with van der Waals surface area (Å²) in [6.45, 7) is 8.06.